The van der Waals surface area contributed by atoms with Crippen molar-refractivity contribution in [2.75, 3.05) is 6.54 Å². The summed E-state index contributed by atoms with van der Waals surface area (Å²) in [4.78, 5) is 10.3. The Labute approximate surface area is 63.0 Å². The number of amides is 1. The van der Waals surface area contributed by atoms with Crippen LogP contribution in [0.4, 0.5) is 0 Å². The van der Waals surface area contributed by atoms with Crippen molar-refractivity contribution in [3.05, 3.63) is 5.32 Å². The van der Waals surface area contributed by atoms with E-state index in [9.17, 15) is 4.79 Å². The quantitative estimate of drug-likeness (QED) is 0.605. The minimum atomic E-state index is 0. The van der Waals surface area contributed by atoms with Crippen molar-refractivity contribution in [2.45, 2.75) is 39.5 Å². The van der Waals surface area contributed by atoms with Crippen molar-refractivity contribution in [1.82, 2.24) is 0 Å². The number of hydrogen-bond donors (Lipinski definition) is 0. The molecule has 0 unspecified atom stereocenters. The predicted octanol–water partition coefficient (Wildman–Crippen LogP) is 2.49. The summed E-state index contributed by atoms with van der Waals surface area (Å²) in [7, 11) is 0. The molecule has 62 valence electrons. The molecule has 0 spiro atoms. The number of hydrogen-bond acceptors (Lipinski definition) is 1. The molecule has 0 atom stereocenters. The molecule has 0 N–H and O–H groups in total. The minimum Gasteiger partial charge on any atom is -0.653 e. The number of carbonyl (C=O) groups excluding carboxylic acids is 1. The number of rotatable bonds is 0. The summed E-state index contributed by atoms with van der Waals surface area (Å²) in [5.74, 6) is 0.0891. The zero-order valence-electron chi connectivity index (χ0n) is 7.60. The average Bonchev–Trinajstić information content (AvgIpc) is 1.91. The van der Waals surface area contributed by atoms with Crippen molar-refractivity contribution in [1.29, 1.82) is 0 Å². The first-order valence-corrected chi connectivity index (χ1v) is 4.01. The van der Waals surface area contributed by atoms with Crippen LogP contribution in [0.1, 0.15) is 39.5 Å². The van der Waals surface area contributed by atoms with E-state index in [1.807, 2.05) is 0 Å². The van der Waals surface area contributed by atoms with Gasteiger partial charge in [0.2, 0.25) is 0 Å². The standard InChI is InChI=1S/C5H9NO.C3H8.Rf/c7-5-3-1-2-4-6-5;1-3-2;/h1-4H2,(H,6,7);3H2,1-2H3;/p-1. The largest absolute Gasteiger partial charge is 0.653 e. The van der Waals surface area contributed by atoms with Gasteiger partial charge >= 0.3 is 0 Å². The van der Waals surface area contributed by atoms with E-state index in [0.717, 1.165) is 19.4 Å². The first kappa shape index (κ1) is 12.2. The number of nitrogens with zero attached hydrogens (tertiary/aromatic N) is 1. The molecule has 1 saturated heterocycles. The molecule has 3 heteroatoms. The molecule has 0 aliphatic carbocycles. The van der Waals surface area contributed by atoms with Crippen LogP contribution < -0.4 is 0 Å². The molecular weight excluding hydrogens is 393 g/mol. The molecule has 0 saturated carbocycles. The zero-order chi connectivity index (χ0) is 7.82. The molecule has 0 radical (unpaired) electrons. The van der Waals surface area contributed by atoms with Gasteiger partial charge in [-0.2, -0.15) is 0 Å². The second-order valence-electron chi connectivity index (χ2n) is 2.44. The Hall–Kier alpha value is -1.53. The van der Waals surface area contributed by atoms with Crippen molar-refractivity contribution in [3.8, 4) is 0 Å². The molecule has 1 heterocycles. The fourth-order valence-electron chi connectivity index (χ4n) is 0.671. The van der Waals surface area contributed by atoms with Crippen molar-refractivity contribution < 1.29 is 4.79 Å². The molecule has 0 aromatic carbocycles. The monoisotopic (exact) mass is 409 g/mol. The third-order valence-corrected chi connectivity index (χ3v) is 1.09. The molecule has 0 bridgehead atoms. The van der Waals surface area contributed by atoms with Crippen LogP contribution in [0.5, 0.6) is 0 Å². The summed E-state index contributed by atoms with van der Waals surface area (Å²) in [5.41, 5.74) is 0. The molecule has 1 amide bonds. The molecular formula is C8H16NORf-. The van der Waals surface area contributed by atoms with Gasteiger partial charge < -0.3 is 10.1 Å². The summed E-state index contributed by atoms with van der Waals surface area (Å²) in [6.45, 7) is 5.01. The molecule has 0 aromatic rings. The summed E-state index contributed by atoms with van der Waals surface area (Å²) < 4.78 is 0. The van der Waals surface area contributed by atoms with Gasteiger partial charge in [-0.05, 0) is 12.8 Å². The topological polar surface area (TPSA) is 31.2 Å². The predicted molar refractivity (Wildman–Crippen MR) is 43.0 cm³/mol. The van der Waals surface area contributed by atoms with E-state index >= 15 is 0 Å². The van der Waals surface area contributed by atoms with Crippen molar-refractivity contribution >= 4 is 5.91 Å². The van der Waals surface area contributed by atoms with Crippen LogP contribution in [0.15, 0.2) is 0 Å². The Morgan fingerprint density at radius 3 is 2.09 bits per heavy atom. The Morgan fingerprint density at radius 2 is 1.91 bits per heavy atom. The van der Waals surface area contributed by atoms with Crippen LogP contribution in [0, 0.1) is 0 Å². The van der Waals surface area contributed by atoms with Gasteiger partial charge in [0.15, 0.2) is 0 Å². The fourth-order valence-corrected chi connectivity index (χ4v) is 0.671. The second-order valence-corrected chi connectivity index (χ2v) is 2.44. The molecule has 11 heavy (non-hydrogen) atoms. The van der Waals surface area contributed by atoms with Crippen molar-refractivity contribution in [2.24, 2.45) is 0 Å². The van der Waals surface area contributed by atoms with E-state index in [1.165, 1.54) is 6.42 Å². The van der Waals surface area contributed by atoms with Gasteiger partial charge in [0.05, 0.1) is 5.91 Å². The number of carbonyl (C=O) groups is 1. The van der Waals surface area contributed by atoms with Gasteiger partial charge in [-0.25, -0.2) is 0 Å². The molecule has 1 aliphatic rings. The van der Waals surface area contributed by atoms with E-state index in [2.05, 4.69) is 19.2 Å². The van der Waals surface area contributed by atoms with E-state index in [4.69, 9.17) is 0 Å². The van der Waals surface area contributed by atoms with Gasteiger partial charge in [0, 0.05) is 0 Å². The van der Waals surface area contributed by atoms with Crippen LogP contribution in [-0.2, 0) is 4.79 Å². The zero-order valence-corrected chi connectivity index (χ0v) is 14.0. The Balaban J connectivity index is 0. The minimum absolute atomic E-state index is 0. The third kappa shape index (κ3) is 8.47. The van der Waals surface area contributed by atoms with Gasteiger partial charge in [-0.1, -0.05) is 26.7 Å². The van der Waals surface area contributed by atoms with Gasteiger partial charge in [0.1, 0.15) is 0 Å². The Bertz CT molecular complexity index is 88.1. The Kier molecular flexibility index (Phi) is 9.37. The molecule has 1 rings (SSSR count). The first-order chi connectivity index (χ1) is 4.81. The van der Waals surface area contributed by atoms with Crippen LogP contribution in [0.3, 0.4) is 0 Å². The van der Waals surface area contributed by atoms with E-state index in [0.29, 0.717) is 6.42 Å². The normalized spacial score (nSPS) is 15.3. The maximum Gasteiger partial charge on any atom is 0.0511 e. The summed E-state index contributed by atoms with van der Waals surface area (Å²) in [6.07, 6.45) is 4.08. The molecule has 1 fully saturated rings. The summed E-state index contributed by atoms with van der Waals surface area (Å²) in [5, 5.41) is 3.69. The van der Waals surface area contributed by atoms with Gasteiger partial charge in [-0.15, -0.1) is 6.54 Å². The SMILES string of the molecule is CCC.O=C1CCCC[N-]1.[Rf]. The second kappa shape index (κ2) is 8.47. The maximum atomic E-state index is 10.3. The van der Waals surface area contributed by atoms with E-state index in [-0.39, 0.29) is 5.91 Å². The summed E-state index contributed by atoms with van der Waals surface area (Å²) in [6, 6.07) is 0. The van der Waals surface area contributed by atoms with Crippen LogP contribution in [-0.4, -0.2) is 12.5 Å². The van der Waals surface area contributed by atoms with Crippen LogP contribution in [0.2, 0.25) is 0 Å². The third-order valence-electron chi connectivity index (χ3n) is 1.09. The van der Waals surface area contributed by atoms with Gasteiger partial charge in [-0.3, -0.25) is 0 Å². The molecule has 1 aliphatic heterocycles. The Morgan fingerprint density at radius 1 is 1.36 bits per heavy atom. The van der Waals surface area contributed by atoms with E-state index < -0.39 is 0 Å². The van der Waals surface area contributed by atoms with Crippen molar-refractivity contribution in [3.63, 3.8) is 0 Å². The number of piperidine rings is 1. The molecule has 0 aromatic heterocycles. The van der Waals surface area contributed by atoms with Crippen LogP contribution in [0.25, 0.3) is 5.32 Å². The smallest absolute Gasteiger partial charge is 0.0511 e. The maximum absolute atomic E-state index is 10.3. The first-order valence-electron chi connectivity index (χ1n) is 4.01. The van der Waals surface area contributed by atoms with Gasteiger partial charge in [0.25, 0.3) is 0 Å². The molecule has 2 nitrogen and oxygen atoms in total. The average molecular weight is 409 g/mol. The fraction of sp³-hybridized carbons (Fsp3) is 0.875. The van der Waals surface area contributed by atoms with E-state index in [1.54, 1.807) is 0 Å². The summed E-state index contributed by atoms with van der Waals surface area (Å²) >= 11 is 0. The van der Waals surface area contributed by atoms with Crippen LogP contribution >= 0.6 is 0 Å².